The molecule has 22 heavy (non-hydrogen) atoms. The number of aliphatic hydroxyl groups excluding tert-OH is 1. The lowest BCUT2D eigenvalue weighted by atomic mass is 10.0. The lowest BCUT2D eigenvalue weighted by Crippen LogP contribution is -2.28. The first-order chi connectivity index (χ1) is 10.4. The van der Waals surface area contributed by atoms with E-state index in [4.69, 9.17) is 0 Å². The number of hydrogen-bond donors (Lipinski definition) is 3. The number of carbonyl (C=O) groups is 2. The Morgan fingerprint density at radius 1 is 1.18 bits per heavy atom. The Balaban J connectivity index is 2.35. The van der Waals surface area contributed by atoms with Gasteiger partial charge in [0.1, 0.15) is 5.82 Å². The van der Waals surface area contributed by atoms with E-state index in [0.717, 1.165) is 12.2 Å². The zero-order valence-corrected chi connectivity index (χ0v) is 12.7. The molecule has 1 aromatic carbocycles. The van der Waals surface area contributed by atoms with Crippen LogP contribution in [-0.2, 0) is 9.59 Å². The van der Waals surface area contributed by atoms with Gasteiger partial charge in [0.2, 0.25) is 11.8 Å². The van der Waals surface area contributed by atoms with E-state index in [1.807, 2.05) is 6.92 Å². The Morgan fingerprint density at radius 2 is 1.77 bits per heavy atom. The molecule has 0 fully saturated rings. The first-order valence-electron chi connectivity index (χ1n) is 7.07. The molecular weight excluding hydrogens is 287 g/mol. The van der Waals surface area contributed by atoms with Gasteiger partial charge in [0, 0.05) is 24.4 Å². The van der Waals surface area contributed by atoms with Crippen molar-refractivity contribution >= 4 is 17.5 Å². The minimum Gasteiger partial charge on any atom is -0.393 e. The lowest BCUT2D eigenvalue weighted by Gasteiger charge is -2.13. The fourth-order valence-corrected chi connectivity index (χ4v) is 1.87. The zero-order valence-electron chi connectivity index (χ0n) is 12.7. The van der Waals surface area contributed by atoms with Gasteiger partial charge in [-0.25, -0.2) is 4.39 Å². The van der Waals surface area contributed by atoms with Crippen LogP contribution in [0.4, 0.5) is 10.1 Å². The third-order valence-corrected chi connectivity index (χ3v) is 2.87. The number of anilines is 1. The quantitative estimate of drug-likeness (QED) is 0.673. The minimum absolute atomic E-state index is 0.144. The molecule has 0 saturated carbocycles. The topological polar surface area (TPSA) is 78.4 Å². The van der Waals surface area contributed by atoms with Crippen LogP contribution in [0.25, 0.3) is 0 Å². The maximum absolute atomic E-state index is 12.7. The number of rotatable bonds is 7. The van der Waals surface area contributed by atoms with E-state index in [9.17, 15) is 19.1 Å². The Labute approximate surface area is 129 Å². The monoisotopic (exact) mass is 308 g/mol. The third kappa shape index (κ3) is 7.54. The van der Waals surface area contributed by atoms with Crippen LogP contribution in [0, 0.1) is 11.7 Å². The highest BCUT2D eigenvalue weighted by Gasteiger charge is 2.07. The van der Waals surface area contributed by atoms with E-state index < -0.39 is 12.0 Å². The van der Waals surface area contributed by atoms with Gasteiger partial charge in [-0.05, 0) is 43.5 Å². The van der Waals surface area contributed by atoms with Crippen LogP contribution in [0.15, 0.2) is 36.4 Å². The number of nitrogens with one attached hydrogen (secondary N) is 2. The molecule has 0 aliphatic heterocycles. The van der Waals surface area contributed by atoms with Crippen molar-refractivity contribution in [2.45, 2.75) is 26.4 Å². The number of carbonyl (C=O) groups excluding carboxylic acids is 2. The molecule has 0 aromatic heterocycles. The molecule has 1 aromatic rings. The van der Waals surface area contributed by atoms with Gasteiger partial charge in [-0.1, -0.05) is 6.92 Å². The fourth-order valence-electron chi connectivity index (χ4n) is 1.87. The summed E-state index contributed by atoms with van der Waals surface area (Å²) in [6.07, 6.45) is 2.42. The van der Waals surface area contributed by atoms with Gasteiger partial charge < -0.3 is 15.7 Å². The summed E-state index contributed by atoms with van der Waals surface area (Å²) < 4.78 is 12.7. The van der Waals surface area contributed by atoms with Crippen LogP contribution >= 0.6 is 0 Å². The highest BCUT2D eigenvalue weighted by molar-refractivity contribution is 6.03. The van der Waals surface area contributed by atoms with Crippen LogP contribution < -0.4 is 10.6 Å². The van der Waals surface area contributed by atoms with Gasteiger partial charge in [0.15, 0.2) is 0 Å². The summed E-state index contributed by atoms with van der Waals surface area (Å²) in [6, 6.07) is 5.32. The summed E-state index contributed by atoms with van der Waals surface area (Å²) in [7, 11) is 0. The maximum Gasteiger partial charge on any atom is 0.248 e. The molecule has 2 atom stereocenters. The molecule has 0 radical (unpaired) electrons. The highest BCUT2D eigenvalue weighted by Crippen LogP contribution is 2.08. The molecule has 0 spiro atoms. The molecule has 0 heterocycles. The molecular formula is C16H21FN2O3. The summed E-state index contributed by atoms with van der Waals surface area (Å²) in [5.74, 6) is -1.10. The minimum atomic E-state index is -0.473. The smallest absolute Gasteiger partial charge is 0.248 e. The largest absolute Gasteiger partial charge is 0.393 e. The Bertz CT molecular complexity index is 527. The van der Waals surface area contributed by atoms with Crippen molar-refractivity contribution in [2.24, 2.45) is 5.92 Å². The van der Waals surface area contributed by atoms with Crippen molar-refractivity contribution in [3.63, 3.8) is 0 Å². The molecule has 2 amide bonds. The Kier molecular flexibility index (Phi) is 7.25. The third-order valence-electron chi connectivity index (χ3n) is 2.87. The van der Waals surface area contributed by atoms with Gasteiger partial charge in [-0.3, -0.25) is 9.59 Å². The predicted octanol–water partition coefficient (Wildman–Crippen LogP) is 1.84. The second kappa shape index (κ2) is 8.94. The molecule has 2 unspecified atom stereocenters. The van der Waals surface area contributed by atoms with E-state index in [-0.39, 0.29) is 17.6 Å². The van der Waals surface area contributed by atoms with Crippen molar-refractivity contribution in [3.8, 4) is 0 Å². The van der Waals surface area contributed by atoms with Crippen LogP contribution in [0.5, 0.6) is 0 Å². The maximum atomic E-state index is 12.7. The predicted molar refractivity (Wildman–Crippen MR) is 82.6 cm³/mol. The zero-order chi connectivity index (χ0) is 16.5. The SMILES string of the molecule is CC(O)CC(C)CNC(=O)/C=C/C(=O)Nc1ccc(F)cc1. The van der Waals surface area contributed by atoms with Crippen molar-refractivity contribution in [1.82, 2.24) is 5.32 Å². The van der Waals surface area contributed by atoms with E-state index in [1.54, 1.807) is 6.92 Å². The van der Waals surface area contributed by atoms with Gasteiger partial charge in [-0.15, -0.1) is 0 Å². The van der Waals surface area contributed by atoms with Crippen LogP contribution in [0.2, 0.25) is 0 Å². The molecule has 1 rings (SSSR count). The van der Waals surface area contributed by atoms with Crippen LogP contribution in [0.1, 0.15) is 20.3 Å². The second-order valence-corrected chi connectivity index (χ2v) is 5.26. The summed E-state index contributed by atoms with van der Waals surface area (Å²) in [5.41, 5.74) is 0.446. The van der Waals surface area contributed by atoms with Gasteiger partial charge in [0.25, 0.3) is 0 Å². The van der Waals surface area contributed by atoms with E-state index in [0.29, 0.717) is 18.7 Å². The molecule has 6 heteroatoms. The highest BCUT2D eigenvalue weighted by atomic mass is 19.1. The number of amides is 2. The second-order valence-electron chi connectivity index (χ2n) is 5.26. The first-order valence-corrected chi connectivity index (χ1v) is 7.07. The van der Waals surface area contributed by atoms with E-state index in [2.05, 4.69) is 10.6 Å². The number of hydrogen-bond acceptors (Lipinski definition) is 3. The van der Waals surface area contributed by atoms with Gasteiger partial charge >= 0.3 is 0 Å². The average Bonchev–Trinajstić information content (AvgIpc) is 2.44. The Morgan fingerprint density at radius 3 is 2.36 bits per heavy atom. The van der Waals surface area contributed by atoms with E-state index in [1.165, 1.54) is 24.3 Å². The first kappa shape index (κ1) is 17.8. The summed E-state index contributed by atoms with van der Waals surface area (Å²) in [6.45, 7) is 4.03. The number of benzene rings is 1. The molecule has 0 aliphatic carbocycles. The summed E-state index contributed by atoms with van der Waals surface area (Å²) in [5, 5.41) is 14.4. The van der Waals surface area contributed by atoms with Crippen LogP contribution in [0.3, 0.4) is 0 Å². The molecule has 120 valence electrons. The van der Waals surface area contributed by atoms with Crippen molar-refractivity contribution in [2.75, 3.05) is 11.9 Å². The normalized spacial score (nSPS) is 13.6. The summed E-state index contributed by atoms with van der Waals surface area (Å²) >= 11 is 0. The lowest BCUT2D eigenvalue weighted by molar-refractivity contribution is -0.117. The van der Waals surface area contributed by atoms with Gasteiger partial charge in [-0.2, -0.15) is 0 Å². The van der Waals surface area contributed by atoms with Crippen molar-refractivity contribution < 1.29 is 19.1 Å². The molecule has 0 saturated heterocycles. The Hall–Kier alpha value is -2.21. The molecule has 3 N–H and O–H groups in total. The fraction of sp³-hybridized carbons (Fsp3) is 0.375. The molecule has 0 bridgehead atoms. The van der Waals surface area contributed by atoms with E-state index >= 15 is 0 Å². The standard InChI is InChI=1S/C16H21FN2O3/c1-11(9-12(2)20)10-18-15(21)7-8-16(22)19-14-5-3-13(17)4-6-14/h3-8,11-12,20H,9-10H2,1-2H3,(H,18,21)(H,19,22)/b8-7+. The number of aliphatic hydroxyl groups is 1. The summed E-state index contributed by atoms with van der Waals surface area (Å²) in [4.78, 5) is 23.1. The molecule has 0 aliphatic rings. The van der Waals surface area contributed by atoms with Crippen LogP contribution in [-0.4, -0.2) is 29.6 Å². The van der Waals surface area contributed by atoms with Crippen molar-refractivity contribution in [1.29, 1.82) is 0 Å². The molecule has 5 nitrogen and oxygen atoms in total. The van der Waals surface area contributed by atoms with Gasteiger partial charge in [0.05, 0.1) is 6.10 Å². The van der Waals surface area contributed by atoms with Crippen molar-refractivity contribution in [3.05, 3.63) is 42.2 Å². The number of halogens is 1. The average molecular weight is 308 g/mol.